The molecule has 10 nitrogen and oxygen atoms in total. The van der Waals surface area contributed by atoms with E-state index in [-0.39, 0.29) is 36.3 Å². The van der Waals surface area contributed by atoms with Crippen molar-refractivity contribution < 1.29 is 14.4 Å². The fourth-order valence-corrected chi connectivity index (χ4v) is 5.91. The van der Waals surface area contributed by atoms with E-state index in [1.54, 1.807) is 24.7 Å². The van der Waals surface area contributed by atoms with Gasteiger partial charge >= 0.3 is 0 Å². The Hall–Kier alpha value is -3.34. The molecule has 2 aliphatic rings. The highest BCUT2D eigenvalue weighted by Crippen LogP contribution is 2.43. The van der Waals surface area contributed by atoms with Gasteiger partial charge in [-0.15, -0.1) is 0 Å². The topological polar surface area (TPSA) is 135 Å². The molecule has 4 heterocycles. The minimum Gasteiger partial charge on any atom is -0.396 e. The van der Waals surface area contributed by atoms with Crippen molar-refractivity contribution in [2.75, 3.05) is 23.8 Å². The first-order valence-corrected chi connectivity index (χ1v) is 12.4. The second kappa shape index (κ2) is 8.95. The quantitative estimate of drug-likeness (QED) is 0.347. The maximum absolute atomic E-state index is 13.2. The van der Waals surface area contributed by atoms with E-state index in [1.807, 2.05) is 16.8 Å². The van der Waals surface area contributed by atoms with Gasteiger partial charge in [-0.3, -0.25) is 4.79 Å². The Kier molecular flexibility index (Phi) is 5.74. The number of imidazole rings is 1. The zero-order chi connectivity index (χ0) is 25.0. The van der Waals surface area contributed by atoms with Gasteiger partial charge in [0.2, 0.25) is 5.58 Å². The van der Waals surface area contributed by atoms with Gasteiger partial charge in [-0.1, -0.05) is 28.4 Å². The molecule has 3 atom stereocenters. The Morgan fingerprint density at radius 3 is 2.92 bits per heavy atom. The van der Waals surface area contributed by atoms with E-state index in [4.69, 9.17) is 38.6 Å². The molecule has 0 radical (unpaired) electrons. The number of amides is 1. The molecule has 12 heteroatoms. The molecule has 1 aliphatic carbocycles. The second-order valence-electron chi connectivity index (χ2n) is 9.17. The highest BCUT2D eigenvalue weighted by molar-refractivity contribution is 6.36. The number of nitrogens with two attached hydrogens (primary N) is 1. The smallest absolute Gasteiger partial charge is 0.253 e. The molecule has 1 saturated heterocycles. The van der Waals surface area contributed by atoms with E-state index in [0.717, 1.165) is 30.8 Å². The van der Waals surface area contributed by atoms with Crippen molar-refractivity contribution in [3.05, 3.63) is 58.2 Å². The second-order valence-corrected chi connectivity index (χ2v) is 9.98. The third-order valence-electron chi connectivity index (χ3n) is 7.12. The van der Waals surface area contributed by atoms with Crippen LogP contribution in [-0.4, -0.2) is 55.9 Å². The Morgan fingerprint density at radius 1 is 1.25 bits per heavy atom. The third-order valence-corrected chi connectivity index (χ3v) is 7.72. The summed E-state index contributed by atoms with van der Waals surface area (Å²) >= 11 is 12.8. The number of benzene rings is 1. The summed E-state index contributed by atoms with van der Waals surface area (Å²) in [6, 6.07) is 5.27. The lowest BCUT2D eigenvalue weighted by molar-refractivity contribution is 0.0932. The van der Waals surface area contributed by atoms with Gasteiger partial charge in [0.1, 0.15) is 0 Å². The predicted molar refractivity (Wildman–Crippen MR) is 136 cm³/mol. The van der Waals surface area contributed by atoms with Gasteiger partial charge in [-0.05, 0) is 37.0 Å². The number of hydrogen-bond acceptors (Lipinski definition) is 8. The molecule has 4 aromatic rings. The number of nitrogens with one attached hydrogen (secondary N) is 1. The Balaban J connectivity index is 1.21. The van der Waals surface area contributed by atoms with Gasteiger partial charge in [-0.2, -0.15) is 0 Å². The summed E-state index contributed by atoms with van der Waals surface area (Å²) in [5.74, 6) is 0.903. The highest BCUT2D eigenvalue weighted by atomic mass is 35.5. The third kappa shape index (κ3) is 3.76. The lowest BCUT2D eigenvalue weighted by Gasteiger charge is -2.28. The minimum atomic E-state index is -0.222. The number of aromatic nitrogens is 4. The van der Waals surface area contributed by atoms with Crippen molar-refractivity contribution in [1.29, 1.82) is 0 Å². The molecule has 6 rings (SSSR count). The molecule has 36 heavy (non-hydrogen) atoms. The molecule has 0 spiro atoms. The van der Waals surface area contributed by atoms with Crippen LogP contribution in [0.1, 0.15) is 28.9 Å². The van der Waals surface area contributed by atoms with Gasteiger partial charge in [0.25, 0.3) is 5.91 Å². The van der Waals surface area contributed by atoms with Crippen molar-refractivity contribution in [3.63, 3.8) is 0 Å². The van der Waals surface area contributed by atoms with Crippen LogP contribution in [0.3, 0.4) is 0 Å². The van der Waals surface area contributed by atoms with Crippen molar-refractivity contribution in [2.24, 2.45) is 5.92 Å². The van der Waals surface area contributed by atoms with Crippen molar-refractivity contribution in [2.45, 2.75) is 31.3 Å². The summed E-state index contributed by atoms with van der Waals surface area (Å²) in [7, 11) is 0. The van der Waals surface area contributed by atoms with Gasteiger partial charge in [0, 0.05) is 37.7 Å². The number of rotatable bonds is 6. The Labute approximate surface area is 216 Å². The maximum Gasteiger partial charge on any atom is 0.253 e. The van der Waals surface area contributed by atoms with Crippen LogP contribution < -0.4 is 16.0 Å². The number of nitrogen functional groups attached to an aromatic ring is 1. The molecule has 4 N–H and O–H groups in total. The SMILES string of the molecule is Nc1noc2c(N3CC4CCC3C4NC(=O)c3ccc(-n4cnc(CCO)c4)cc3Cl)ncc(Cl)c12. The molecular formula is C24H23Cl2N7O3. The first-order chi connectivity index (χ1) is 17.4. The van der Waals surface area contributed by atoms with E-state index < -0.39 is 0 Å². The lowest BCUT2D eigenvalue weighted by atomic mass is 10.1. The highest BCUT2D eigenvalue weighted by Gasteiger charge is 2.49. The number of halogens is 2. The fraction of sp³-hybridized carbons (Fsp3) is 0.333. The van der Waals surface area contributed by atoms with Crippen molar-refractivity contribution >= 4 is 51.7 Å². The average Bonchev–Trinajstić information content (AvgIpc) is 3.64. The molecule has 1 aromatic carbocycles. The van der Waals surface area contributed by atoms with Crippen molar-refractivity contribution in [1.82, 2.24) is 25.0 Å². The van der Waals surface area contributed by atoms with E-state index in [1.165, 1.54) is 0 Å². The first-order valence-electron chi connectivity index (χ1n) is 11.6. The van der Waals surface area contributed by atoms with Crippen molar-refractivity contribution in [3.8, 4) is 5.69 Å². The van der Waals surface area contributed by atoms with E-state index in [2.05, 4.69) is 25.3 Å². The Morgan fingerprint density at radius 2 is 2.11 bits per heavy atom. The van der Waals surface area contributed by atoms with E-state index in [0.29, 0.717) is 38.8 Å². The lowest BCUT2D eigenvalue weighted by Crippen LogP contribution is -2.44. The van der Waals surface area contributed by atoms with Crippen LogP contribution in [0.25, 0.3) is 16.7 Å². The van der Waals surface area contributed by atoms with Crippen LogP contribution in [0.2, 0.25) is 10.0 Å². The number of aliphatic hydroxyl groups excluding tert-OH is 1. The number of pyridine rings is 1. The molecule has 2 bridgehead atoms. The number of piperidine rings is 1. The van der Waals surface area contributed by atoms with Gasteiger partial charge in [0.05, 0.1) is 45.1 Å². The number of aliphatic hydroxyl groups is 1. The van der Waals surface area contributed by atoms with E-state index in [9.17, 15) is 4.79 Å². The summed E-state index contributed by atoms with van der Waals surface area (Å²) in [6.45, 7) is 0.756. The standard InChI is InChI=1S/C24H23Cl2N7O3/c25-16-7-14(32-10-13(5-6-34)29-11-32)2-3-15(16)24(35)30-20-12-1-4-18(20)33(9-12)23-21-19(17(26)8-28-23)22(27)31-36-21/h2-3,7-8,10-12,18,20,34H,1,4-6,9H2,(H2,27,31)(H,30,35). The molecule has 186 valence electrons. The predicted octanol–water partition coefficient (Wildman–Crippen LogP) is 3.23. The number of carbonyl (C=O) groups excluding carboxylic acids is 1. The number of nitrogens with zero attached hydrogens (tertiary/aromatic N) is 5. The van der Waals surface area contributed by atoms with Gasteiger partial charge < -0.3 is 30.1 Å². The number of fused-ring (bicyclic) bond motifs is 3. The molecular weight excluding hydrogens is 505 g/mol. The number of carbonyl (C=O) groups is 1. The summed E-state index contributed by atoms with van der Waals surface area (Å²) < 4.78 is 7.27. The number of hydrogen-bond donors (Lipinski definition) is 3. The first kappa shape index (κ1) is 23.1. The fourth-order valence-electron chi connectivity index (χ4n) is 5.42. The Bertz CT molecular complexity index is 1470. The van der Waals surface area contributed by atoms with Crippen LogP contribution in [0.15, 0.2) is 41.4 Å². The average molecular weight is 528 g/mol. The summed E-state index contributed by atoms with van der Waals surface area (Å²) in [6.07, 6.45) is 7.43. The summed E-state index contributed by atoms with van der Waals surface area (Å²) in [5.41, 5.74) is 8.35. The molecule has 2 fully saturated rings. The largest absolute Gasteiger partial charge is 0.396 e. The van der Waals surface area contributed by atoms with Crippen LogP contribution in [0, 0.1) is 5.92 Å². The van der Waals surface area contributed by atoms with E-state index >= 15 is 0 Å². The summed E-state index contributed by atoms with van der Waals surface area (Å²) in [4.78, 5) is 24.2. The number of anilines is 2. The molecule has 1 aliphatic heterocycles. The van der Waals surface area contributed by atoms with Gasteiger partial charge in [-0.25, -0.2) is 9.97 Å². The summed E-state index contributed by atoms with van der Waals surface area (Å²) in [5, 5.41) is 17.5. The zero-order valence-electron chi connectivity index (χ0n) is 19.1. The zero-order valence-corrected chi connectivity index (χ0v) is 20.6. The molecule has 3 unspecified atom stereocenters. The molecule has 1 amide bonds. The molecule has 1 saturated carbocycles. The van der Waals surface area contributed by atoms with Crippen LogP contribution >= 0.6 is 23.2 Å². The van der Waals surface area contributed by atoms with Crippen LogP contribution in [-0.2, 0) is 6.42 Å². The normalized spacial score (nSPS) is 21.0. The molecule has 3 aromatic heterocycles. The van der Waals surface area contributed by atoms with Gasteiger partial charge in [0.15, 0.2) is 11.6 Å². The maximum atomic E-state index is 13.2. The monoisotopic (exact) mass is 527 g/mol. The minimum absolute atomic E-state index is 0.0306. The van der Waals surface area contributed by atoms with Crippen LogP contribution in [0.5, 0.6) is 0 Å². The van der Waals surface area contributed by atoms with Crippen LogP contribution in [0.4, 0.5) is 11.6 Å².